The van der Waals surface area contributed by atoms with Crippen molar-refractivity contribution in [2.75, 3.05) is 18.4 Å². The quantitative estimate of drug-likeness (QED) is 0.683. The molecule has 6 nitrogen and oxygen atoms in total. The molecule has 3 N–H and O–H groups in total. The number of benzene rings is 1. The van der Waals surface area contributed by atoms with E-state index in [1.165, 1.54) is 0 Å². The summed E-state index contributed by atoms with van der Waals surface area (Å²) in [5, 5.41) is 8.94. The molecular weight excluding hydrogens is 387 g/mol. The van der Waals surface area contributed by atoms with Gasteiger partial charge < -0.3 is 16.0 Å². The van der Waals surface area contributed by atoms with Crippen LogP contribution in [0.4, 0.5) is 5.69 Å². The molecule has 8 heteroatoms. The molecule has 27 heavy (non-hydrogen) atoms. The number of nitrogens with zero attached hydrogens (tertiary/aromatic N) is 1. The molecular formula is C19H24Cl2N4O2. The van der Waals surface area contributed by atoms with E-state index in [0.717, 1.165) is 18.7 Å². The van der Waals surface area contributed by atoms with Crippen LogP contribution in [0.15, 0.2) is 48.8 Å². The Morgan fingerprint density at radius 2 is 1.93 bits per heavy atom. The normalized spacial score (nSPS) is 14.0. The summed E-state index contributed by atoms with van der Waals surface area (Å²) in [6.07, 6.45) is 3.40. The minimum atomic E-state index is -0.224. The number of aromatic nitrogens is 1. The number of halogens is 2. The summed E-state index contributed by atoms with van der Waals surface area (Å²) < 4.78 is 0. The molecule has 1 aliphatic rings. The Hall–Kier alpha value is -2.15. The Labute approximate surface area is 171 Å². The number of hydrogen-bond donors (Lipinski definition) is 3. The molecule has 0 saturated carbocycles. The SMILES string of the molecule is CC(C(=O)Nc1ccccc1C(=O)NCc1cccnc1)C1CNC1.Cl.Cl. The predicted molar refractivity (Wildman–Crippen MR) is 110 cm³/mol. The van der Waals surface area contributed by atoms with Gasteiger partial charge in [-0.2, -0.15) is 0 Å². The van der Waals surface area contributed by atoms with Crippen LogP contribution in [0.2, 0.25) is 0 Å². The second-order valence-corrected chi connectivity index (χ2v) is 6.29. The van der Waals surface area contributed by atoms with Crippen LogP contribution in [0.25, 0.3) is 0 Å². The number of pyridine rings is 1. The molecule has 1 atom stereocenters. The Morgan fingerprint density at radius 3 is 2.56 bits per heavy atom. The third-order valence-electron chi connectivity index (χ3n) is 4.54. The van der Waals surface area contributed by atoms with Crippen LogP contribution in [0.3, 0.4) is 0 Å². The van der Waals surface area contributed by atoms with Crippen molar-refractivity contribution in [1.29, 1.82) is 0 Å². The standard InChI is InChI=1S/C19H22N4O2.2ClH/c1-13(15-11-21-12-15)18(24)23-17-7-3-2-6-16(17)19(25)22-10-14-5-4-8-20-9-14;;/h2-9,13,15,21H,10-12H2,1H3,(H,22,25)(H,23,24);2*1H. The lowest BCUT2D eigenvalue weighted by Crippen LogP contribution is -2.48. The van der Waals surface area contributed by atoms with E-state index in [1.807, 2.05) is 25.1 Å². The van der Waals surface area contributed by atoms with Crippen molar-refractivity contribution in [3.8, 4) is 0 Å². The van der Waals surface area contributed by atoms with Crippen LogP contribution in [0.5, 0.6) is 0 Å². The summed E-state index contributed by atoms with van der Waals surface area (Å²) in [4.78, 5) is 28.9. The number of carbonyl (C=O) groups excluding carboxylic acids is 2. The number of rotatable bonds is 6. The summed E-state index contributed by atoms with van der Waals surface area (Å²) in [7, 11) is 0. The van der Waals surface area contributed by atoms with Gasteiger partial charge in [0.1, 0.15) is 0 Å². The predicted octanol–water partition coefficient (Wildman–Crippen LogP) is 2.65. The molecule has 3 rings (SSSR count). The Balaban J connectivity index is 0.00000182. The highest BCUT2D eigenvalue weighted by Crippen LogP contribution is 2.20. The van der Waals surface area contributed by atoms with Gasteiger partial charge in [0.25, 0.3) is 5.91 Å². The van der Waals surface area contributed by atoms with Gasteiger partial charge >= 0.3 is 0 Å². The number of para-hydroxylation sites is 1. The molecule has 1 unspecified atom stereocenters. The zero-order chi connectivity index (χ0) is 17.6. The van der Waals surface area contributed by atoms with E-state index in [0.29, 0.717) is 23.7 Å². The van der Waals surface area contributed by atoms with Crippen molar-refractivity contribution in [1.82, 2.24) is 15.6 Å². The van der Waals surface area contributed by atoms with Gasteiger partial charge in [-0.05, 0) is 42.8 Å². The van der Waals surface area contributed by atoms with Crippen LogP contribution < -0.4 is 16.0 Å². The Morgan fingerprint density at radius 1 is 1.19 bits per heavy atom. The van der Waals surface area contributed by atoms with Gasteiger partial charge in [-0.15, -0.1) is 24.8 Å². The molecule has 0 bridgehead atoms. The third kappa shape index (κ3) is 5.92. The molecule has 1 fully saturated rings. The van der Waals surface area contributed by atoms with Crippen LogP contribution in [0.1, 0.15) is 22.8 Å². The van der Waals surface area contributed by atoms with Gasteiger partial charge in [0.05, 0.1) is 11.3 Å². The number of anilines is 1. The lowest BCUT2D eigenvalue weighted by Gasteiger charge is -2.31. The van der Waals surface area contributed by atoms with Gasteiger partial charge in [-0.3, -0.25) is 14.6 Å². The molecule has 0 radical (unpaired) electrons. The van der Waals surface area contributed by atoms with Gasteiger partial charge in [0, 0.05) is 24.9 Å². The zero-order valence-corrected chi connectivity index (χ0v) is 16.6. The van der Waals surface area contributed by atoms with Gasteiger partial charge in [-0.25, -0.2) is 0 Å². The molecule has 1 aliphatic heterocycles. The summed E-state index contributed by atoms with van der Waals surface area (Å²) in [5.41, 5.74) is 1.91. The van der Waals surface area contributed by atoms with E-state index in [9.17, 15) is 9.59 Å². The van der Waals surface area contributed by atoms with E-state index < -0.39 is 0 Å². The fourth-order valence-corrected chi connectivity index (χ4v) is 2.70. The molecule has 146 valence electrons. The lowest BCUT2D eigenvalue weighted by atomic mass is 9.88. The maximum Gasteiger partial charge on any atom is 0.253 e. The molecule has 1 aromatic carbocycles. The van der Waals surface area contributed by atoms with Crippen LogP contribution in [-0.4, -0.2) is 29.9 Å². The van der Waals surface area contributed by atoms with E-state index in [1.54, 1.807) is 30.6 Å². The minimum Gasteiger partial charge on any atom is -0.348 e. The molecule has 2 aromatic rings. The topological polar surface area (TPSA) is 83.1 Å². The fourth-order valence-electron chi connectivity index (χ4n) is 2.70. The summed E-state index contributed by atoms with van der Waals surface area (Å²) in [6, 6.07) is 10.8. The van der Waals surface area contributed by atoms with Gasteiger partial charge in [0.2, 0.25) is 5.91 Å². The lowest BCUT2D eigenvalue weighted by molar-refractivity contribution is -0.121. The molecule has 1 saturated heterocycles. The second-order valence-electron chi connectivity index (χ2n) is 6.29. The van der Waals surface area contributed by atoms with Gasteiger partial charge in [-0.1, -0.05) is 25.1 Å². The fraction of sp³-hybridized carbons (Fsp3) is 0.316. The van der Waals surface area contributed by atoms with Gasteiger partial charge in [0.15, 0.2) is 0 Å². The van der Waals surface area contributed by atoms with Crippen molar-refractivity contribution in [3.63, 3.8) is 0 Å². The first-order valence-corrected chi connectivity index (χ1v) is 8.43. The van der Waals surface area contributed by atoms with E-state index in [-0.39, 0.29) is 42.5 Å². The van der Waals surface area contributed by atoms with Crippen LogP contribution in [0, 0.1) is 11.8 Å². The summed E-state index contributed by atoms with van der Waals surface area (Å²) in [6.45, 7) is 4.04. The molecule has 0 spiro atoms. The number of amides is 2. The first-order valence-electron chi connectivity index (χ1n) is 8.43. The number of carbonyl (C=O) groups is 2. The Bertz CT molecular complexity index is 754. The highest BCUT2D eigenvalue weighted by atomic mass is 35.5. The smallest absolute Gasteiger partial charge is 0.253 e. The monoisotopic (exact) mass is 410 g/mol. The molecule has 2 heterocycles. The zero-order valence-electron chi connectivity index (χ0n) is 15.0. The van der Waals surface area contributed by atoms with Crippen LogP contribution >= 0.6 is 24.8 Å². The average molecular weight is 411 g/mol. The average Bonchev–Trinajstić information content (AvgIpc) is 2.59. The van der Waals surface area contributed by atoms with Crippen molar-refractivity contribution in [3.05, 3.63) is 59.9 Å². The first-order chi connectivity index (χ1) is 12.1. The Kier molecular flexibility index (Phi) is 9.21. The maximum atomic E-state index is 12.5. The highest BCUT2D eigenvalue weighted by Gasteiger charge is 2.29. The van der Waals surface area contributed by atoms with Crippen molar-refractivity contribution < 1.29 is 9.59 Å². The molecule has 0 aliphatic carbocycles. The van der Waals surface area contributed by atoms with E-state index in [4.69, 9.17) is 0 Å². The third-order valence-corrected chi connectivity index (χ3v) is 4.54. The van der Waals surface area contributed by atoms with Crippen LogP contribution in [-0.2, 0) is 11.3 Å². The maximum absolute atomic E-state index is 12.5. The summed E-state index contributed by atoms with van der Waals surface area (Å²) >= 11 is 0. The van der Waals surface area contributed by atoms with Crippen molar-refractivity contribution >= 4 is 42.3 Å². The second kappa shape index (κ2) is 10.9. The van der Waals surface area contributed by atoms with E-state index >= 15 is 0 Å². The molecule has 1 aromatic heterocycles. The first kappa shape index (κ1) is 22.9. The number of hydrogen-bond acceptors (Lipinski definition) is 4. The van der Waals surface area contributed by atoms with E-state index in [2.05, 4.69) is 20.9 Å². The molecule has 2 amide bonds. The number of nitrogens with one attached hydrogen (secondary N) is 3. The van der Waals surface area contributed by atoms with Crippen molar-refractivity contribution in [2.45, 2.75) is 13.5 Å². The van der Waals surface area contributed by atoms with Crippen molar-refractivity contribution in [2.24, 2.45) is 11.8 Å². The largest absolute Gasteiger partial charge is 0.348 e. The highest BCUT2D eigenvalue weighted by molar-refractivity contribution is 6.04. The minimum absolute atomic E-state index is 0. The summed E-state index contributed by atoms with van der Waals surface area (Å²) in [5.74, 6) is -0.0175.